The number of anilines is 2. The van der Waals surface area contributed by atoms with Crippen molar-refractivity contribution in [2.24, 2.45) is 0 Å². The minimum Gasteiger partial charge on any atom is -0.429 e. The molecule has 2 rings (SSSR count). The molecule has 0 atom stereocenters. The molecule has 0 unspecified atom stereocenters. The Morgan fingerprint density at radius 2 is 1.83 bits per heavy atom. The van der Waals surface area contributed by atoms with Crippen LogP contribution in [0.5, 0.6) is 5.75 Å². The van der Waals surface area contributed by atoms with Gasteiger partial charge in [0.05, 0.1) is 0 Å². The fraction of sp³-hybridized carbons (Fsp3) is 0.143. The quantitative estimate of drug-likeness (QED) is 0.568. The van der Waals surface area contributed by atoms with Gasteiger partial charge < -0.3 is 14.8 Å². The maximum atomic E-state index is 4.82. The highest BCUT2D eigenvalue weighted by atomic mass is 32.1. The minimum absolute atomic E-state index is 0.737. The van der Waals surface area contributed by atoms with Gasteiger partial charge in [0, 0.05) is 37.9 Å². The van der Waals surface area contributed by atoms with E-state index in [2.05, 4.69) is 35.7 Å². The molecule has 94 valence electrons. The fourth-order valence-corrected chi connectivity index (χ4v) is 1.80. The molecule has 2 aromatic rings. The summed E-state index contributed by atoms with van der Waals surface area (Å²) < 4.78 is 4.82. The lowest BCUT2D eigenvalue weighted by Gasteiger charge is -2.08. The molecule has 0 saturated heterocycles. The van der Waals surface area contributed by atoms with Crippen molar-refractivity contribution < 1.29 is 4.18 Å². The number of hydrogen-bond donors (Lipinski definition) is 3. The number of hydrogen-bond acceptors (Lipinski definition) is 4. The van der Waals surface area contributed by atoms with Crippen LogP contribution in [-0.4, -0.2) is 7.05 Å². The van der Waals surface area contributed by atoms with Crippen LogP contribution in [0.1, 0.15) is 5.56 Å². The summed E-state index contributed by atoms with van der Waals surface area (Å²) in [6.07, 6.45) is 0. The van der Waals surface area contributed by atoms with Crippen molar-refractivity contribution in [3.05, 3.63) is 54.1 Å². The summed E-state index contributed by atoms with van der Waals surface area (Å²) in [5, 5.41) is 6.48. The second-order valence-corrected chi connectivity index (χ2v) is 4.10. The fourth-order valence-electron chi connectivity index (χ4n) is 1.67. The Hall–Kier alpha value is -1.81. The molecule has 0 radical (unpaired) electrons. The molecule has 0 aliphatic rings. The van der Waals surface area contributed by atoms with Crippen LogP contribution in [0.4, 0.5) is 11.4 Å². The van der Waals surface area contributed by atoms with Gasteiger partial charge >= 0.3 is 0 Å². The van der Waals surface area contributed by atoms with Gasteiger partial charge in [-0.1, -0.05) is 12.1 Å². The molecule has 2 aromatic carbocycles. The van der Waals surface area contributed by atoms with Gasteiger partial charge in [-0.05, 0) is 42.0 Å². The minimum atomic E-state index is 0.737. The zero-order chi connectivity index (χ0) is 12.8. The maximum Gasteiger partial charge on any atom is 0.137 e. The van der Waals surface area contributed by atoms with Gasteiger partial charge in [-0.3, -0.25) is 0 Å². The lowest BCUT2D eigenvalue weighted by atomic mass is 10.2. The van der Waals surface area contributed by atoms with E-state index in [9.17, 15) is 0 Å². The highest BCUT2D eigenvalue weighted by Crippen LogP contribution is 2.17. The van der Waals surface area contributed by atoms with Crippen LogP contribution >= 0.6 is 12.9 Å². The maximum absolute atomic E-state index is 4.82. The van der Waals surface area contributed by atoms with Gasteiger partial charge in [0.25, 0.3) is 0 Å². The van der Waals surface area contributed by atoms with Crippen LogP contribution in [0.2, 0.25) is 0 Å². The van der Waals surface area contributed by atoms with E-state index in [1.807, 2.05) is 43.4 Å². The normalized spacial score (nSPS) is 9.89. The summed E-state index contributed by atoms with van der Waals surface area (Å²) in [7, 11) is 1.92. The Labute approximate surface area is 113 Å². The SMILES string of the molecule is CNc1cccc(CNc2ccc(OS)cc2)c1. The van der Waals surface area contributed by atoms with Gasteiger partial charge in [0.15, 0.2) is 0 Å². The molecular formula is C14H16N2OS. The smallest absolute Gasteiger partial charge is 0.137 e. The molecule has 18 heavy (non-hydrogen) atoms. The first-order valence-corrected chi connectivity index (χ1v) is 6.10. The second kappa shape index (κ2) is 6.21. The molecule has 2 N–H and O–H groups in total. The summed E-state index contributed by atoms with van der Waals surface area (Å²) in [4.78, 5) is 0. The summed E-state index contributed by atoms with van der Waals surface area (Å²) >= 11 is 3.75. The molecule has 0 heterocycles. The monoisotopic (exact) mass is 260 g/mol. The molecule has 4 heteroatoms. The summed E-state index contributed by atoms with van der Waals surface area (Å²) in [5.41, 5.74) is 3.41. The van der Waals surface area contributed by atoms with Gasteiger partial charge in [-0.15, -0.1) is 0 Å². The van der Waals surface area contributed by atoms with Crippen LogP contribution in [0, 0.1) is 0 Å². The lowest BCUT2D eigenvalue weighted by Crippen LogP contribution is -1.99. The average Bonchev–Trinajstić information content (AvgIpc) is 2.46. The van der Waals surface area contributed by atoms with Crippen molar-refractivity contribution in [1.82, 2.24) is 0 Å². The van der Waals surface area contributed by atoms with Crippen molar-refractivity contribution >= 4 is 24.3 Å². The molecule has 0 aliphatic heterocycles. The molecule has 0 fully saturated rings. The van der Waals surface area contributed by atoms with Crippen molar-refractivity contribution in [3.8, 4) is 5.75 Å². The van der Waals surface area contributed by atoms with Crippen LogP contribution in [-0.2, 0) is 6.54 Å². The first-order valence-electron chi connectivity index (χ1n) is 5.74. The third-order valence-electron chi connectivity index (χ3n) is 2.67. The number of benzene rings is 2. The van der Waals surface area contributed by atoms with E-state index in [1.165, 1.54) is 5.56 Å². The Bertz CT molecular complexity index is 499. The lowest BCUT2D eigenvalue weighted by molar-refractivity contribution is 0.659. The third kappa shape index (κ3) is 3.34. The van der Waals surface area contributed by atoms with Crippen LogP contribution in [0.3, 0.4) is 0 Å². The van der Waals surface area contributed by atoms with E-state index >= 15 is 0 Å². The number of nitrogens with one attached hydrogen (secondary N) is 2. The zero-order valence-electron chi connectivity index (χ0n) is 10.2. The van der Waals surface area contributed by atoms with E-state index in [4.69, 9.17) is 4.18 Å². The van der Waals surface area contributed by atoms with Crippen LogP contribution in [0.15, 0.2) is 48.5 Å². The standard InChI is InChI=1S/C14H16N2OS/c1-15-13-4-2-3-11(9-13)10-16-12-5-7-14(17-18)8-6-12/h2-9,15-16,18H,10H2,1H3. The summed E-state index contributed by atoms with van der Waals surface area (Å²) in [6.45, 7) is 0.788. The van der Waals surface area contributed by atoms with Gasteiger partial charge in [0.2, 0.25) is 0 Å². The van der Waals surface area contributed by atoms with E-state index in [0.717, 1.165) is 23.7 Å². The number of thiol groups is 1. The average molecular weight is 260 g/mol. The highest BCUT2D eigenvalue weighted by Gasteiger charge is 1.96. The van der Waals surface area contributed by atoms with E-state index in [1.54, 1.807) is 0 Å². The van der Waals surface area contributed by atoms with Crippen LogP contribution in [0.25, 0.3) is 0 Å². The second-order valence-electron chi connectivity index (χ2n) is 3.92. The predicted octanol–water partition coefficient (Wildman–Crippen LogP) is 3.56. The molecule has 3 nitrogen and oxygen atoms in total. The predicted molar refractivity (Wildman–Crippen MR) is 79.4 cm³/mol. The Kier molecular flexibility index (Phi) is 4.36. The van der Waals surface area contributed by atoms with E-state index in [0.29, 0.717) is 0 Å². The van der Waals surface area contributed by atoms with Crippen molar-refractivity contribution in [3.63, 3.8) is 0 Å². The molecule has 0 spiro atoms. The topological polar surface area (TPSA) is 33.3 Å². The zero-order valence-corrected chi connectivity index (χ0v) is 11.1. The summed E-state index contributed by atoms with van der Waals surface area (Å²) in [5.74, 6) is 0.737. The Morgan fingerprint density at radius 3 is 2.50 bits per heavy atom. The van der Waals surface area contributed by atoms with E-state index in [-0.39, 0.29) is 0 Å². The Morgan fingerprint density at radius 1 is 1.06 bits per heavy atom. The number of rotatable bonds is 5. The molecular weight excluding hydrogens is 244 g/mol. The molecule has 0 aromatic heterocycles. The van der Waals surface area contributed by atoms with Gasteiger partial charge in [-0.2, -0.15) is 0 Å². The van der Waals surface area contributed by atoms with Crippen molar-refractivity contribution in [2.75, 3.05) is 17.7 Å². The van der Waals surface area contributed by atoms with Crippen molar-refractivity contribution in [1.29, 1.82) is 0 Å². The largest absolute Gasteiger partial charge is 0.429 e. The van der Waals surface area contributed by atoms with Gasteiger partial charge in [-0.25, -0.2) is 0 Å². The van der Waals surface area contributed by atoms with Crippen molar-refractivity contribution in [2.45, 2.75) is 6.54 Å². The molecule has 0 bridgehead atoms. The molecule has 0 amide bonds. The molecule has 0 saturated carbocycles. The highest BCUT2D eigenvalue weighted by molar-refractivity contribution is 7.75. The summed E-state index contributed by atoms with van der Waals surface area (Å²) in [6, 6.07) is 16.0. The third-order valence-corrected chi connectivity index (χ3v) is 2.88. The van der Waals surface area contributed by atoms with Gasteiger partial charge in [0.1, 0.15) is 5.75 Å². The first kappa shape index (κ1) is 12.6. The molecule has 0 aliphatic carbocycles. The van der Waals surface area contributed by atoms with E-state index < -0.39 is 0 Å². The first-order chi connectivity index (χ1) is 8.81. The Balaban J connectivity index is 1.97. The van der Waals surface area contributed by atoms with Crippen LogP contribution < -0.4 is 14.8 Å².